The van der Waals surface area contributed by atoms with Crippen molar-refractivity contribution in [2.24, 2.45) is 0 Å². The van der Waals surface area contributed by atoms with E-state index in [9.17, 15) is 13.6 Å². The van der Waals surface area contributed by atoms with Crippen LogP contribution in [0, 0.1) is 11.6 Å². The Kier molecular flexibility index (Phi) is 4.68. The Labute approximate surface area is 122 Å². The van der Waals surface area contributed by atoms with E-state index < -0.39 is 17.4 Å². The molecule has 110 valence electrons. The molecule has 0 heterocycles. The average Bonchev–Trinajstić information content (AvgIpc) is 2.45. The molecule has 0 aliphatic rings. The molecule has 0 radical (unpaired) electrons. The fourth-order valence-corrected chi connectivity index (χ4v) is 1.91. The molecular formula is C17H16F2O2. The fourth-order valence-electron chi connectivity index (χ4n) is 1.91. The van der Waals surface area contributed by atoms with Crippen LogP contribution in [0.5, 0.6) is 5.75 Å². The summed E-state index contributed by atoms with van der Waals surface area (Å²) in [5.74, 6) is -1.22. The highest BCUT2D eigenvalue weighted by molar-refractivity contribution is 5.97. The number of benzene rings is 2. The van der Waals surface area contributed by atoms with E-state index >= 15 is 0 Å². The minimum Gasteiger partial charge on any atom is -0.485 e. The number of rotatable bonds is 5. The number of halogens is 2. The number of Topliss-reactive ketones (excluding diaryl/α,β-unsaturated/α-hetero) is 1. The van der Waals surface area contributed by atoms with Crippen LogP contribution in [0.2, 0.25) is 0 Å². The smallest absolute Gasteiger partial charge is 0.203 e. The van der Waals surface area contributed by atoms with E-state index in [1.165, 1.54) is 0 Å². The molecule has 0 atom stereocenters. The Balaban J connectivity index is 2.05. The van der Waals surface area contributed by atoms with Crippen LogP contribution in [0.15, 0.2) is 42.5 Å². The zero-order chi connectivity index (χ0) is 15.4. The van der Waals surface area contributed by atoms with Gasteiger partial charge in [0.15, 0.2) is 6.61 Å². The predicted octanol–water partition coefficient (Wildman–Crippen LogP) is 4.35. The van der Waals surface area contributed by atoms with Gasteiger partial charge in [0.05, 0.1) is 5.56 Å². The lowest BCUT2D eigenvalue weighted by molar-refractivity contribution is 0.0917. The molecule has 0 amide bonds. The molecule has 21 heavy (non-hydrogen) atoms. The summed E-state index contributed by atoms with van der Waals surface area (Å²) in [5, 5.41) is 0. The van der Waals surface area contributed by atoms with Gasteiger partial charge in [-0.15, -0.1) is 0 Å². The van der Waals surface area contributed by atoms with Crippen LogP contribution >= 0.6 is 0 Å². The van der Waals surface area contributed by atoms with Crippen LogP contribution in [0.4, 0.5) is 8.78 Å². The number of ether oxygens (including phenoxy) is 1. The lowest BCUT2D eigenvalue weighted by Crippen LogP contribution is -2.13. The summed E-state index contributed by atoms with van der Waals surface area (Å²) in [6.07, 6.45) is 0. The van der Waals surface area contributed by atoms with E-state index in [0.717, 1.165) is 17.7 Å². The van der Waals surface area contributed by atoms with Crippen molar-refractivity contribution in [1.29, 1.82) is 0 Å². The Morgan fingerprint density at radius 3 is 2.57 bits per heavy atom. The largest absolute Gasteiger partial charge is 0.485 e. The van der Waals surface area contributed by atoms with Crippen molar-refractivity contribution in [2.45, 2.75) is 19.8 Å². The van der Waals surface area contributed by atoms with Gasteiger partial charge in [-0.2, -0.15) is 0 Å². The van der Waals surface area contributed by atoms with Gasteiger partial charge in [-0.05, 0) is 35.7 Å². The molecule has 2 aromatic rings. The van der Waals surface area contributed by atoms with Gasteiger partial charge in [0.2, 0.25) is 5.78 Å². The second-order valence-corrected chi connectivity index (χ2v) is 5.06. The Bertz CT molecular complexity index is 651. The number of hydrogen-bond donors (Lipinski definition) is 0. The highest BCUT2D eigenvalue weighted by atomic mass is 19.1. The highest BCUT2D eigenvalue weighted by Gasteiger charge is 2.13. The monoisotopic (exact) mass is 290 g/mol. The fraction of sp³-hybridized carbons (Fsp3) is 0.235. The molecule has 0 fully saturated rings. The summed E-state index contributed by atoms with van der Waals surface area (Å²) in [7, 11) is 0. The second kappa shape index (κ2) is 6.48. The summed E-state index contributed by atoms with van der Waals surface area (Å²) in [6.45, 7) is 3.82. The van der Waals surface area contributed by atoms with Gasteiger partial charge >= 0.3 is 0 Å². The Morgan fingerprint density at radius 1 is 1.14 bits per heavy atom. The molecular weight excluding hydrogens is 274 g/mol. The summed E-state index contributed by atoms with van der Waals surface area (Å²) >= 11 is 0. The van der Waals surface area contributed by atoms with Gasteiger partial charge in [-0.3, -0.25) is 4.79 Å². The Hall–Kier alpha value is -2.23. The van der Waals surface area contributed by atoms with E-state index in [1.54, 1.807) is 6.07 Å². The molecule has 2 rings (SSSR count). The first-order valence-corrected chi connectivity index (χ1v) is 6.68. The summed E-state index contributed by atoms with van der Waals surface area (Å²) < 4.78 is 31.7. The molecule has 0 saturated carbocycles. The molecule has 4 heteroatoms. The lowest BCUT2D eigenvalue weighted by Gasteiger charge is -2.10. The number of hydrogen-bond acceptors (Lipinski definition) is 2. The van der Waals surface area contributed by atoms with Crippen molar-refractivity contribution in [3.63, 3.8) is 0 Å². The van der Waals surface area contributed by atoms with Crippen molar-refractivity contribution in [3.8, 4) is 5.75 Å². The maximum absolute atomic E-state index is 13.5. The van der Waals surface area contributed by atoms with E-state index in [4.69, 9.17) is 4.74 Å². The molecule has 2 aromatic carbocycles. The van der Waals surface area contributed by atoms with Crippen molar-refractivity contribution in [3.05, 3.63) is 65.2 Å². The third kappa shape index (κ3) is 3.88. The summed E-state index contributed by atoms with van der Waals surface area (Å²) in [6, 6.07) is 10.3. The van der Waals surface area contributed by atoms with Crippen molar-refractivity contribution in [1.82, 2.24) is 0 Å². The standard InChI is InChI=1S/C17H16F2O2/c1-11(2)12-4-3-5-14(8-12)21-10-17(20)15-7-6-13(18)9-16(15)19/h3-9,11H,10H2,1-2H3. The molecule has 0 aliphatic carbocycles. The van der Waals surface area contributed by atoms with Gasteiger partial charge in [0, 0.05) is 6.07 Å². The van der Waals surface area contributed by atoms with Crippen LogP contribution in [-0.2, 0) is 0 Å². The van der Waals surface area contributed by atoms with Crippen LogP contribution in [-0.4, -0.2) is 12.4 Å². The average molecular weight is 290 g/mol. The molecule has 0 spiro atoms. The number of ketones is 1. The summed E-state index contributed by atoms with van der Waals surface area (Å²) in [5.41, 5.74) is 0.921. The van der Waals surface area contributed by atoms with E-state index in [-0.39, 0.29) is 12.2 Å². The zero-order valence-corrected chi connectivity index (χ0v) is 11.9. The molecule has 0 aliphatic heterocycles. The maximum Gasteiger partial charge on any atom is 0.203 e. The predicted molar refractivity (Wildman–Crippen MR) is 76.7 cm³/mol. The van der Waals surface area contributed by atoms with Crippen molar-refractivity contribution < 1.29 is 18.3 Å². The quantitative estimate of drug-likeness (QED) is 0.765. The second-order valence-electron chi connectivity index (χ2n) is 5.06. The topological polar surface area (TPSA) is 26.3 Å². The van der Waals surface area contributed by atoms with E-state index in [2.05, 4.69) is 13.8 Å². The molecule has 2 nitrogen and oxygen atoms in total. The van der Waals surface area contributed by atoms with Gasteiger partial charge in [0.1, 0.15) is 17.4 Å². The van der Waals surface area contributed by atoms with E-state index in [0.29, 0.717) is 17.7 Å². The van der Waals surface area contributed by atoms with Crippen molar-refractivity contribution in [2.75, 3.05) is 6.61 Å². The lowest BCUT2D eigenvalue weighted by atomic mass is 10.0. The summed E-state index contributed by atoms with van der Waals surface area (Å²) in [4.78, 5) is 11.9. The maximum atomic E-state index is 13.5. The SMILES string of the molecule is CC(C)c1cccc(OCC(=O)c2ccc(F)cc2F)c1. The minimum absolute atomic E-state index is 0.170. The van der Waals surface area contributed by atoms with Gasteiger partial charge in [0.25, 0.3) is 0 Å². The normalized spacial score (nSPS) is 10.7. The Morgan fingerprint density at radius 2 is 1.90 bits per heavy atom. The minimum atomic E-state index is -0.875. The van der Waals surface area contributed by atoms with Crippen LogP contribution in [0.3, 0.4) is 0 Å². The first-order valence-electron chi connectivity index (χ1n) is 6.68. The molecule has 0 aromatic heterocycles. The number of carbonyl (C=O) groups is 1. The van der Waals surface area contributed by atoms with E-state index in [1.807, 2.05) is 18.2 Å². The third-order valence-corrected chi connectivity index (χ3v) is 3.13. The first kappa shape index (κ1) is 15.2. The highest BCUT2D eigenvalue weighted by Crippen LogP contribution is 2.20. The van der Waals surface area contributed by atoms with Gasteiger partial charge in [-0.25, -0.2) is 8.78 Å². The third-order valence-electron chi connectivity index (χ3n) is 3.13. The van der Waals surface area contributed by atoms with Crippen molar-refractivity contribution >= 4 is 5.78 Å². The van der Waals surface area contributed by atoms with Crippen LogP contribution < -0.4 is 4.74 Å². The first-order chi connectivity index (χ1) is 9.97. The van der Waals surface area contributed by atoms with Gasteiger partial charge in [-0.1, -0.05) is 26.0 Å². The molecule has 0 saturated heterocycles. The van der Waals surface area contributed by atoms with Crippen LogP contribution in [0.25, 0.3) is 0 Å². The van der Waals surface area contributed by atoms with Gasteiger partial charge < -0.3 is 4.74 Å². The van der Waals surface area contributed by atoms with Crippen LogP contribution in [0.1, 0.15) is 35.7 Å². The molecule has 0 bridgehead atoms. The number of carbonyl (C=O) groups excluding carboxylic acids is 1. The molecule has 0 unspecified atom stereocenters. The molecule has 0 N–H and O–H groups in total. The zero-order valence-electron chi connectivity index (χ0n) is 11.9.